The van der Waals surface area contributed by atoms with Gasteiger partial charge < -0.3 is 4.90 Å². The summed E-state index contributed by atoms with van der Waals surface area (Å²) < 4.78 is 0. The van der Waals surface area contributed by atoms with E-state index in [9.17, 15) is 14.9 Å². The van der Waals surface area contributed by atoms with E-state index in [2.05, 4.69) is 24.5 Å². The number of hydrogen-bond acceptors (Lipinski definition) is 6. The zero-order valence-electron chi connectivity index (χ0n) is 16.0. The Hall–Kier alpha value is -2.32. The zero-order chi connectivity index (χ0) is 20.7. The number of likely N-dealkylation sites (N-methyl/N-ethyl adjacent to an activating group) is 1. The number of thiol groups is 1. The van der Waals surface area contributed by atoms with Crippen LogP contribution in [-0.4, -0.2) is 45.5 Å². The highest BCUT2D eigenvalue weighted by Gasteiger charge is 2.16. The van der Waals surface area contributed by atoms with Gasteiger partial charge in [0.2, 0.25) is 5.91 Å². The Kier molecular flexibility index (Phi) is 8.07. The van der Waals surface area contributed by atoms with Gasteiger partial charge in [0.1, 0.15) is 6.54 Å². The van der Waals surface area contributed by atoms with Crippen LogP contribution in [0.2, 0.25) is 0 Å². The maximum atomic E-state index is 12.3. The summed E-state index contributed by atoms with van der Waals surface area (Å²) in [5.41, 5.74) is 1.27. The molecule has 0 saturated carbocycles. The van der Waals surface area contributed by atoms with Crippen LogP contribution >= 0.6 is 24.4 Å². The third-order valence-electron chi connectivity index (χ3n) is 4.13. The third-order valence-corrected chi connectivity index (χ3v) is 6.17. The summed E-state index contributed by atoms with van der Waals surface area (Å²) in [6.07, 6.45) is 7.32. The quantitative estimate of drug-likeness (QED) is 0.340. The number of hydrogen-bond donors (Lipinski definition) is 1. The van der Waals surface area contributed by atoms with Crippen LogP contribution < -0.4 is 0 Å². The minimum Gasteiger partial charge on any atom is -0.321 e. The smallest absolute Gasteiger partial charge is 0.269 e. The highest BCUT2D eigenvalue weighted by atomic mass is 32.2. The molecule has 1 aliphatic heterocycles. The summed E-state index contributed by atoms with van der Waals surface area (Å²) in [4.78, 5) is 29.9. The minimum atomic E-state index is -0.469. The van der Waals surface area contributed by atoms with Crippen LogP contribution in [0.25, 0.3) is 0 Å². The van der Waals surface area contributed by atoms with Gasteiger partial charge in [-0.05, 0) is 18.2 Å². The van der Waals surface area contributed by atoms with Crippen LogP contribution in [0, 0.1) is 10.1 Å². The van der Waals surface area contributed by atoms with Crippen molar-refractivity contribution in [1.82, 2.24) is 4.90 Å². The number of carbonyl (C=O) groups is 1. The number of aliphatic imine (C=N–C) groups is 1. The summed E-state index contributed by atoms with van der Waals surface area (Å²) >= 11 is 6.16. The monoisotopic (exact) mass is 417 g/mol. The largest absolute Gasteiger partial charge is 0.321 e. The van der Waals surface area contributed by atoms with Crippen LogP contribution in [0.5, 0.6) is 0 Å². The maximum Gasteiger partial charge on any atom is 0.269 e. The number of thioether (sulfide) groups is 1. The van der Waals surface area contributed by atoms with E-state index in [1.54, 1.807) is 24.9 Å². The summed E-state index contributed by atoms with van der Waals surface area (Å²) in [6, 6.07) is 7.70. The van der Waals surface area contributed by atoms with Gasteiger partial charge in [0.25, 0.3) is 5.70 Å². The predicted molar refractivity (Wildman–Crippen MR) is 118 cm³/mol. The van der Waals surface area contributed by atoms with Crippen LogP contribution in [0.1, 0.15) is 19.4 Å². The van der Waals surface area contributed by atoms with E-state index < -0.39 is 4.92 Å². The molecule has 28 heavy (non-hydrogen) atoms. The van der Waals surface area contributed by atoms with Crippen molar-refractivity contribution in [1.29, 1.82) is 0 Å². The Bertz CT molecular complexity index is 860. The standard InChI is InChI=1S/C20H23N3O3S2/c1-14(27)15(2)28-19-9-5-4-8-17(19)18-11-10-16(23(25)26)7-6-12-22(3)20(24)13-21-18/h4-12,14-15,27H,13H2,1-3H3/b11-10+,12-6+,16-7+,21-18?. The molecule has 0 bridgehead atoms. The van der Waals surface area contributed by atoms with Gasteiger partial charge in [0.15, 0.2) is 0 Å². The van der Waals surface area contributed by atoms with Crippen LogP contribution in [0.4, 0.5) is 0 Å². The van der Waals surface area contributed by atoms with E-state index in [1.807, 2.05) is 31.2 Å². The molecule has 2 unspecified atom stereocenters. The van der Waals surface area contributed by atoms with Crippen molar-refractivity contribution >= 4 is 36.0 Å². The van der Waals surface area contributed by atoms with Crippen molar-refractivity contribution in [3.8, 4) is 0 Å². The molecule has 8 heteroatoms. The van der Waals surface area contributed by atoms with Crippen molar-refractivity contribution < 1.29 is 9.72 Å². The van der Waals surface area contributed by atoms with Crippen molar-refractivity contribution in [2.45, 2.75) is 29.2 Å². The number of carbonyl (C=O) groups excluding carboxylic acids is 1. The fourth-order valence-corrected chi connectivity index (χ4v) is 3.50. The molecule has 0 radical (unpaired) electrons. The Morgan fingerprint density at radius 2 is 2.00 bits per heavy atom. The fourth-order valence-electron chi connectivity index (χ4n) is 2.27. The number of nitro groups is 1. The van der Waals surface area contributed by atoms with Crippen LogP contribution in [0.3, 0.4) is 0 Å². The lowest BCUT2D eigenvalue weighted by molar-refractivity contribution is -0.419. The first-order chi connectivity index (χ1) is 13.3. The fraction of sp³-hybridized carbons (Fsp3) is 0.300. The average molecular weight is 418 g/mol. The second kappa shape index (κ2) is 10.3. The second-order valence-corrected chi connectivity index (χ2v) is 8.52. The topological polar surface area (TPSA) is 75.8 Å². The number of amides is 1. The Morgan fingerprint density at radius 3 is 2.68 bits per heavy atom. The molecule has 1 aromatic rings. The number of rotatable bonds is 5. The molecule has 0 aliphatic carbocycles. The van der Waals surface area contributed by atoms with Crippen LogP contribution in [-0.2, 0) is 4.79 Å². The summed E-state index contributed by atoms with van der Waals surface area (Å²) in [6.45, 7) is 4.07. The molecular formula is C20H23N3O3S2. The second-order valence-electron chi connectivity index (χ2n) is 6.29. The molecule has 0 spiro atoms. The van der Waals surface area contributed by atoms with Crippen molar-refractivity contribution in [3.63, 3.8) is 0 Å². The number of nitrogens with zero attached hydrogens (tertiary/aromatic N) is 3. The number of benzene rings is 1. The first-order valence-electron chi connectivity index (χ1n) is 8.74. The Balaban J connectivity index is 2.50. The molecule has 0 fully saturated rings. The van der Waals surface area contributed by atoms with Gasteiger partial charge in [-0.2, -0.15) is 12.6 Å². The van der Waals surface area contributed by atoms with Gasteiger partial charge in [-0.3, -0.25) is 19.9 Å². The molecule has 148 valence electrons. The molecule has 1 aliphatic rings. The molecule has 0 saturated heterocycles. The molecule has 6 nitrogen and oxygen atoms in total. The Morgan fingerprint density at radius 1 is 1.29 bits per heavy atom. The molecule has 0 N–H and O–H groups in total. The molecule has 0 aromatic heterocycles. The molecule has 1 aromatic carbocycles. The van der Waals surface area contributed by atoms with E-state index >= 15 is 0 Å². The SMILES string of the molecule is CC(S)C(C)Sc1ccccc1C1=NCC(=O)N(C)/C=C/C=C([N+](=O)[O-])\C=C\1. The summed E-state index contributed by atoms with van der Waals surface area (Å²) in [5, 5.41) is 11.7. The van der Waals surface area contributed by atoms with Gasteiger partial charge in [-0.15, -0.1) is 11.8 Å². The normalized spacial score (nSPS) is 21.6. The van der Waals surface area contributed by atoms with Gasteiger partial charge in [0, 0.05) is 46.4 Å². The lowest BCUT2D eigenvalue weighted by atomic mass is 10.1. The first-order valence-corrected chi connectivity index (χ1v) is 10.1. The molecule has 1 amide bonds. The minimum absolute atomic E-state index is 0.0498. The van der Waals surface area contributed by atoms with Gasteiger partial charge in [0.05, 0.1) is 10.6 Å². The van der Waals surface area contributed by atoms with Crippen molar-refractivity contribution in [2.24, 2.45) is 4.99 Å². The van der Waals surface area contributed by atoms with E-state index in [1.165, 1.54) is 29.3 Å². The van der Waals surface area contributed by atoms with E-state index in [4.69, 9.17) is 0 Å². The molecule has 1 heterocycles. The summed E-state index contributed by atoms with van der Waals surface area (Å²) in [7, 11) is 1.60. The molecular weight excluding hydrogens is 394 g/mol. The summed E-state index contributed by atoms with van der Waals surface area (Å²) in [5.74, 6) is -0.206. The van der Waals surface area contributed by atoms with Gasteiger partial charge in [-0.1, -0.05) is 32.0 Å². The average Bonchev–Trinajstić information content (AvgIpc) is 2.68. The third kappa shape index (κ3) is 6.10. The molecule has 2 atom stereocenters. The first kappa shape index (κ1) is 22.0. The maximum absolute atomic E-state index is 12.3. The zero-order valence-corrected chi connectivity index (χ0v) is 17.7. The van der Waals surface area contributed by atoms with E-state index in [0.29, 0.717) is 5.71 Å². The Labute approximate surface area is 174 Å². The highest BCUT2D eigenvalue weighted by molar-refractivity contribution is 8.00. The van der Waals surface area contributed by atoms with Crippen molar-refractivity contribution in [2.75, 3.05) is 13.6 Å². The van der Waals surface area contributed by atoms with Gasteiger partial charge >= 0.3 is 0 Å². The lowest BCUT2D eigenvalue weighted by Crippen LogP contribution is -2.23. The van der Waals surface area contributed by atoms with Crippen LogP contribution in [0.15, 0.2) is 70.4 Å². The predicted octanol–water partition coefficient (Wildman–Crippen LogP) is 3.98. The number of allylic oxidation sites excluding steroid dienone is 4. The van der Waals surface area contributed by atoms with E-state index in [0.717, 1.165) is 10.5 Å². The molecule has 2 rings (SSSR count). The van der Waals surface area contributed by atoms with E-state index in [-0.39, 0.29) is 28.6 Å². The van der Waals surface area contributed by atoms with Gasteiger partial charge in [-0.25, -0.2) is 0 Å². The highest BCUT2D eigenvalue weighted by Crippen LogP contribution is 2.30. The lowest BCUT2D eigenvalue weighted by Gasteiger charge is -2.17. The van der Waals surface area contributed by atoms with Crippen molar-refractivity contribution in [3.05, 3.63) is 76.1 Å².